The molecule has 1 heterocycles. The molecule has 1 aromatic carbocycles. The number of alkyl halides is 3. The van der Waals surface area contributed by atoms with Crippen molar-refractivity contribution in [3.8, 4) is 0 Å². The van der Waals surface area contributed by atoms with E-state index in [1.54, 1.807) is 0 Å². The van der Waals surface area contributed by atoms with Gasteiger partial charge in [0.25, 0.3) is 0 Å². The first-order valence-corrected chi connectivity index (χ1v) is 5.96. The minimum Gasteiger partial charge on any atom is -0.314 e. The van der Waals surface area contributed by atoms with Crippen LogP contribution in [0.2, 0.25) is 0 Å². The second-order valence-corrected chi connectivity index (χ2v) is 4.51. The molecular formula is C12H14Cl2F6N2. The van der Waals surface area contributed by atoms with Crippen LogP contribution in [0.3, 0.4) is 0 Å². The molecule has 1 aliphatic rings. The molecule has 1 saturated heterocycles. The van der Waals surface area contributed by atoms with Crippen molar-refractivity contribution in [2.24, 2.45) is 0 Å². The van der Waals surface area contributed by atoms with E-state index < -0.39 is 35.2 Å². The average molecular weight is 371 g/mol. The smallest absolute Gasteiger partial charge is 0.314 e. The van der Waals surface area contributed by atoms with Crippen molar-refractivity contribution in [2.75, 3.05) is 26.2 Å². The molecule has 0 aromatic heterocycles. The predicted octanol–water partition coefficient (Wildman–Crippen LogP) is 3.46. The molecule has 10 heteroatoms. The van der Waals surface area contributed by atoms with E-state index in [9.17, 15) is 26.3 Å². The summed E-state index contributed by atoms with van der Waals surface area (Å²) in [4.78, 5) is 0.940. The van der Waals surface area contributed by atoms with Gasteiger partial charge in [-0.15, -0.1) is 24.8 Å². The molecule has 0 radical (unpaired) electrons. The Morgan fingerprint density at radius 3 is 1.82 bits per heavy atom. The fraction of sp³-hybridized carbons (Fsp3) is 0.500. The van der Waals surface area contributed by atoms with Crippen LogP contribution in [0.5, 0.6) is 0 Å². The zero-order valence-electron chi connectivity index (χ0n) is 11.1. The molecule has 22 heavy (non-hydrogen) atoms. The van der Waals surface area contributed by atoms with E-state index in [2.05, 4.69) is 5.32 Å². The number of halogens is 8. The topological polar surface area (TPSA) is 15.3 Å². The molecule has 0 aliphatic carbocycles. The van der Waals surface area contributed by atoms with Crippen LogP contribution in [0.1, 0.15) is 11.6 Å². The first-order chi connectivity index (χ1) is 9.30. The normalized spacial score (nSPS) is 17.4. The van der Waals surface area contributed by atoms with Gasteiger partial charge in [0.2, 0.25) is 0 Å². The number of hydrogen-bond donors (Lipinski definition) is 1. The summed E-state index contributed by atoms with van der Waals surface area (Å²) in [7, 11) is 0. The third-order valence-corrected chi connectivity index (χ3v) is 3.14. The van der Waals surface area contributed by atoms with Crippen LogP contribution in [0.4, 0.5) is 26.3 Å². The molecule has 2 rings (SSSR count). The summed E-state index contributed by atoms with van der Waals surface area (Å²) in [6.07, 6.45) is -4.85. The van der Waals surface area contributed by atoms with Crippen molar-refractivity contribution in [2.45, 2.75) is 12.2 Å². The number of rotatable bonds is 2. The Labute approximate surface area is 135 Å². The third-order valence-electron chi connectivity index (χ3n) is 3.14. The van der Waals surface area contributed by atoms with Crippen LogP contribution < -0.4 is 5.32 Å². The van der Waals surface area contributed by atoms with Gasteiger partial charge in [-0.1, -0.05) is 0 Å². The van der Waals surface area contributed by atoms with Crippen molar-refractivity contribution in [3.63, 3.8) is 0 Å². The molecule has 2 nitrogen and oxygen atoms in total. The van der Waals surface area contributed by atoms with Crippen LogP contribution in [-0.2, 0) is 0 Å². The Kier molecular flexibility index (Phi) is 7.97. The van der Waals surface area contributed by atoms with Gasteiger partial charge in [-0.3, -0.25) is 4.90 Å². The van der Waals surface area contributed by atoms with E-state index in [1.807, 2.05) is 0 Å². The Hall–Kier alpha value is -0.700. The lowest BCUT2D eigenvalue weighted by atomic mass is 10.0. The number of nitrogens with one attached hydrogen (secondary N) is 1. The molecule has 1 fully saturated rings. The van der Waals surface area contributed by atoms with Crippen LogP contribution in [0.15, 0.2) is 12.1 Å². The molecule has 0 amide bonds. The Balaban J connectivity index is 0.00000220. The highest BCUT2D eigenvalue weighted by Crippen LogP contribution is 2.40. The number of piperazine rings is 1. The highest BCUT2D eigenvalue weighted by atomic mass is 35.5. The summed E-state index contributed by atoms with van der Waals surface area (Å²) in [6.45, 7) is 0.578. The zero-order chi connectivity index (χ0) is 14.9. The van der Waals surface area contributed by atoms with Crippen LogP contribution in [0.25, 0.3) is 0 Å². The van der Waals surface area contributed by atoms with E-state index in [0.717, 1.165) is 4.90 Å². The quantitative estimate of drug-likeness (QED) is 0.802. The largest absolute Gasteiger partial charge is 0.408 e. The molecule has 0 bridgehead atoms. The second kappa shape index (κ2) is 8.24. The number of benzene rings is 1. The fourth-order valence-corrected chi connectivity index (χ4v) is 2.31. The maximum Gasteiger partial charge on any atom is 0.408 e. The monoisotopic (exact) mass is 370 g/mol. The first-order valence-electron chi connectivity index (χ1n) is 5.96. The maximum atomic E-state index is 13.6. The molecule has 1 aliphatic heterocycles. The van der Waals surface area contributed by atoms with Gasteiger partial charge in [0.05, 0.1) is 5.56 Å². The van der Waals surface area contributed by atoms with Crippen molar-refractivity contribution in [3.05, 3.63) is 35.1 Å². The molecule has 1 aromatic rings. The van der Waals surface area contributed by atoms with Gasteiger partial charge >= 0.3 is 6.18 Å². The summed E-state index contributed by atoms with van der Waals surface area (Å²) < 4.78 is 79.6. The van der Waals surface area contributed by atoms with E-state index in [4.69, 9.17) is 0 Å². The minimum atomic E-state index is -4.85. The molecule has 0 saturated carbocycles. The standard InChI is InChI=1S/C12H12F6N2.2ClH/c13-7-5-8(14)10(9(15)6-7)11(12(16,17)18)20-3-1-19-2-4-20;;/h5-6,11,19H,1-4H2;2*1H/t11-;;/m1../s1. The summed E-state index contributed by atoms with van der Waals surface area (Å²) in [5.41, 5.74) is -1.15. The van der Waals surface area contributed by atoms with Gasteiger partial charge in [0, 0.05) is 38.3 Å². The lowest BCUT2D eigenvalue weighted by molar-refractivity contribution is -0.189. The first kappa shape index (κ1) is 21.3. The zero-order valence-corrected chi connectivity index (χ0v) is 12.7. The summed E-state index contributed by atoms with van der Waals surface area (Å²) in [6, 6.07) is -1.89. The van der Waals surface area contributed by atoms with E-state index in [0.29, 0.717) is 0 Å². The van der Waals surface area contributed by atoms with Gasteiger partial charge in [-0.25, -0.2) is 13.2 Å². The summed E-state index contributed by atoms with van der Waals surface area (Å²) >= 11 is 0. The van der Waals surface area contributed by atoms with Crippen LogP contribution >= 0.6 is 24.8 Å². The van der Waals surface area contributed by atoms with Crippen LogP contribution in [-0.4, -0.2) is 37.3 Å². The minimum absolute atomic E-state index is 0. The molecule has 0 unspecified atom stereocenters. The van der Waals surface area contributed by atoms with Gasteiger partial charge in [-0.05, 0) is 0 Å². The summed E-state index contributed by atoms with van der Waals surface area (Å²) in [5, 5.41) is 2.85. The number of hydrogen-bond acceptors (Lipinski definition) is 2. The Morgan fingerprint density at radius 1 is 0.955 bits per heavy atom. The van der Waals surface area contributed by atoms with Crippen molar-refractivity contribution < 1.29 is 26.3 Å². The average Bonchev–Trinajstić information content (AvgIpc) is 2.33. The lowest BCUT2D eigenvalue weighted by Gasteiger charge is -2.36. The van der Waals surface area contributed by atoms with Gasteiger partial charge < -0.3 is 5.32 Å². The molecule has 0 spiro atoms. The molecular weight excluding hydrogens is 357 g/mol. The number of nitrogens with zero attached hydrogens (tertiary/aromatic N) is 1. The summed E-state index contributed by atoms with van der Waals surface area (Å²) in [5.74, 6) is -4.29. The fourth-order valence-electron chi connectivity index (χ4n) is 2.31. The molecule has 128 valence electrons. The van der Waals surface area contributed by atoms with Crippen molar-refractivity contribution >= 4 is 24.8 Å². The van der Waals surface area contributed by atoms with E-state index >= 15 is 0 Å². The van der Waals surface area contributed by atoms with E-state index in [1.165, 1.54) is 0 Å². The van der Waals surface area contributed by atoms with Gasteiger partial charge in [-0.2, -0.15) is 13.2 Å². The lowest BCUT2D eigenvalue weighted by Crippen LogP contribution is -2.49. The maximum absolute atomic E-state index is 13.6. The van der Waals surface area contributed by atoms with Gasteiger partial charge in [0.1, 0.15) is 23.5 Å². The highest BCUT2D eigenvalue weighted by Gasteiger charge is 2.47. The van der Waals surface area contributed by atoms with Crippen molar-refractivity contribution in [1.82, 2.24) is 10.2 Å². The Morgan fingerprint density at radius 2 is 1.41 bits per heavy atom. The van der Waals surface area contributed by atoms with E-state index in [-0.39, 0.29) is 63.1 Å². The van der Waals surface area contributed by atoms with Crippen LogP contribution in [0, 0.1) is 17.5 Å². The SMILES string of the molecule is Cl.Cl.Fc1cc(F)c([C@@H](N2CCNCC2)C(F)(F)F)c(F)c1. The highest BCUT2D eigenvalue weighted by molar-refractivity contribution is 5.85. The Bertz CT molecular complexity index is 468. The molecule has 1 N–H and O–H groups in total. The predicted molar refractivity (Wildman–Crippen MR) is 74.1 cm³/mol. The third kappa shape index (κ3) is 4.65. The van der Waals surface area contributed by atoms with Crippen molar-refractivity contribution in [1.29, 1.82) is 0 Å². The van der Waals surface area contributed by atoms with Gasteiger partial charge in [0.15, 0.2) is 0 Å². The second-order valence-electron chi connectivity index (χ2n) is 4.51. The molecule has 1 atom stereocenters.